The summed E-state index contributed by atoms with van der Waals surface area (Å²) in [5.41, 5.74) is -5.57. The number of anilines is 1. The highest BCUT2D eigenvalue weighted by Gasteiger charge is 2.49. The smallest absolute Gasteiger partial charge is 0.416 e. The fourth-order valence-corrected chi connectivity index (χ4v) is 5.09. The van der Waals surface area contributed by atoms with Crippen molar-refractivity contribution in [2.45, 2.75) is 56.8 Å². The molecule has 2 amide bonds. The second-order valence-corrected chi connectivity index (χ2v) is 9.21. The van der Waals surface area contributed by atoms with E-state index in [0.717, 1.165) is 25.1 Å². The van der Waals surface area contributed by atoms with Crippen LogP contribution in [-0.2, 0) is 28.0 Å². The number of hydrogen-bond acceptors (Lipinski definition) is 4. The summed E-state index contributed by atoms with van der Waals surface area (Å²) in [5, 5.41) is 0. The van der Waals surface area contributed by atoms with Crippen LogP contribution in [0.4, 0.5) is 54.8 Å². The maximum atomic E-state index is 13.8. The van der Waals surface area contributed by atoms with Gasteiger partial charge in [0.15, 0.2) is 0 Å². The molecule has 1 aliphatic rings. The first kappa shape index (κ1) is 31.9. The third kappa shape index (κ3) is 6.32. The summed E-state index contributed by atoms with van der Waals surface area (Å²) in [7, 11) is 1.94. The second kappa shape index (κ2) is 11.3. The van der Waals surface area contributed by atoms with E-state index >= 15 is 0 Å². The Hall–Kier alpha value is -3.65. The lowest BCUT2D eigenvalue weighted by Crippen LogP contribution is -2.44. The number of halogens is 9. The molecule has 15 heteroatoms. The van der Waals surface area contributed by atoms with Gasteiger partial charge in [-0.15, -0.1) is 0 Å². The Balaban J connectivity index is 2.42. The zero-order valence-electron chi connectivity index (χ0n) is 22.0. The van der Waals surface area contributed by atoms with Crippen LogP contribution < -0.4 is 4.90 Å². The topological polar surface area (TPSA) is 59.1 Å². The van der Waals surface area contributed by atoms with E-state index in [9.17, 15) is 49.1 Å². The summed E-state index contributed by atoms with van der Waals surface area (Å²) in [5.74, 6) is -1.43. The van der Waals surface area contributed by atoms with E-state index in [2.05, 4.69) is 4.74 Å². The van der Waals surface area contributed by atoms with E-state index in [0.29, 0.717) is 29.2 Å². The molecule has 0 fully saturated rings. The van der Waals surface area contributed by atoms with E-state index in [4.69, 9.17) is 4.74 Å². The van der Waals surface area contributed by atoms with Gasteiger partial charge in [-0.25, -0.2) is 9.59 Å². The molecular weight excluding hydrogens is 575 g/mol. The van der Waals surface area contributed by atoms with Gasteiger partial charge in [-0.05, 0) is 60.9 Å². The molecule has 0 spiro atoms. The van der Waals surface area contributed by atoms with Crippen molar-refractivity contribution in [1.82, 2.24) is 4.90 Å². The van der Waals surface area contributed by atoms with Gasteiger partial charge in [0.05, 0.1) is 42.1 Å². The summed E-state index contributed by atoms with van der Waals surface area (Å²) in [6, 6.07) is 0.110. The number of carbonyl (C=O) groups is 2. The molecule has 2 aromatic carbocycles. The van der Waals surface area contributed by atoms with Crippen LogP contribution in [0.3, 0.4) is 0 Å². The Bertz CT molecular complexity index is 1260. The monoisotopic (exact) mass is 600 g/mol. The van der Waals surface area contributed by atoms with Gasteiger partial charge < -0.3 is 14.4 Å². The first-order valence-corrected chi connectivity index (χ1v) is 12.1. The summed E-state index contributed by atoms with van der Waals surface area (Å²) >= 11 is 0. The van der Waals surface area contributed by atoms with Gasteiger partial charge in [0, 0.05) is 19.0 Å². The minimum absolute atomic E-state index is 0.0316. The quantitative estimate of drug-likeness (QED) is 0.326. The van der Waals surface area contributed by atoms with Crippen molar-refractivity contribution in [2.75, 3.05) is 25.7 Å². The van der Waals surface area contributed by atoms with Crippen LogP contribution in [0.25, 0.3) is 0 Å². The van der Waals surface area contributed by atoms with E-state index in [1.165, 1.54) is 13.8 Å². The molecule has 1 heterocycles. The van der Waals surface area contributed by atoms with Crippen molar-refractivity contribution < 1.29 is 58.6 Å². The van der Waals surface area contributed by atoms with Gasteiger partial charge in [-0.2, -0.15) is 39.5 Å². The van der Waals surface area contributed by atoms with Crippen LogP contribution in [-0.4, -0.2) is 43.9 Å². The van der Waals surface area contributed by atoms with Crippen molar-refractivity contribution in [3.8, 4) is 0 Å². The zero-order valence-corrected chi connectivity index (χ0v) is 22.0. The summed E-state index contributed by atoms with van der Waals surface area (Å²) in [6.45, 7) is 2.85. The fourth-order valence-electron chi connectivity index (χ4n) is 5.09. The maximum Gasteiger partial charge on any atom is 0.416 e. The van der Waals surface area contributed by atoms with Gasteiger partial charge in [0.25, 0.3) is 0 Å². The highest BCUT2D eigenvalue weighted by Crippen LogP contribution is 2.52. The van der Waals surface area contributed by atoms with Crippen LogP contribution in [0.5, 0.6) is 0 Å². The molecule has 0 N–H and O–H groups in total. The van der Waals surface area contributed by atoms with Crippen molar-refractivity contribution in [2.24, 2.45) is 0 Å². The van der Waals surface area contributed by atoms with E-state index in [1.54, 1.807) is 0 Å². The highest BCUT2D eigenvalue weighted by molar-refractivity contribution is 5.92. The number of nitrogens with zero attached hydrogens (tertiary/aromatic N) is 2. The van der Waals surface area contributed by atoms with Crippen molar-refractivity contribution in [3.05, 3.63) is 64.2 Å². The molecule has 0 saturated heterocycles. The largest absolute Gasteiger partial charge is 0.453 e. The molecule has 2 aromatic rings. The van der Waals surface area contributed by atoms with Gasteiger partial charge >= 0.3 is 30.7 Å². The van der Waals surface area contributed by atoms with Gasteiger partial charge in [-0.1, -0.05) is 6.92 Å². The predicted octanol–water partition coefficient (Wildman–Crippen LogP) is 8.02. The first-order valence-electron chi connectivity index (χ1n) is 12.1. The lowest BCUT2D eigenvalue weighted by molar-refractivity contribution is -0.143. The number of carbonyl (C=O) groups excluding carboxylic acids is 2. The summed E-state index contributed by atoms with van der Waals surface area (Å²) in [4.78, 5) is 27.3. The van der Waals surface area contributed by atoms with Crippen molar-refractivity contribution >= 4 is 17.9 Å². The van der Waals surface area contributed by atoms with Gasteiger partial charge in [-0.3, -0.25) is 4.90 Å². The molecule has 0 bridgehead atoms. The average Bonchev–Trinajstić information content (AvgIpc) is 3.20. The molecular formula is C26H25F9N2O4. The molecule has 226 valence electrons. The number of benzene rings is 2. The number of fused-ring (bicyclic) bond motifs is 1. The molecule has 0 radical (unpaired) electrons. The third-order valence-corrected chi connectivity index (χ3v) is 6.77. The lowest BCUT2D eigenvalue weighted by atomic mass is 9.81. The molecule has 3 rings (SSSR count). The predicted molar refractivity (Wildman–Crippen MR) is 127 cm³/mol. The van der Waals surface area contributed by atoms with Crippen LogP contribution in [0.1, 0.15) is 60.0 Å². The van der Waals surface area contributed by atoms with Crippen molar-refractivity contribution in [3.63, 3.8) is 0 Å². The van der Waals surface area contributed by atoms with E-state index in [-0.39, 0.29) is 30.3 Å². The van der Waals surface area contributed by atoms with E-state index in [1.807, 2.05) is 0 Å². The molecule has 41 heavy (non-hydrogen) atoms. The summed E-state index contributed by atoms with van der Waals surface area (Å²) in [6.07, 6.45) is -17.6. The molecule has 3 atom stereocenters. The van der Waals surface area contributed by atoms with Crippen LogP contribution in [0, 0.1) is 0 Å². The molecule has 1 aliphatic heterocycles. The molecule has 6 nitrogen and oxygen atoms in total. The normalized spacial score (nSPS) is 18.1. The second-order valence-electron chi connectivity index (χ2n) is 9.21. The van der Waals surface area contributed by atoms with Crippen molar-refractivity contribution in [1.29, 1.82) is 0 Å². The van der Waals surface area contributed by atoms with E-state index < -0.39 is 71.0 Å². The highest BCUT2D eigenvalue weighted by atomic mass is 19.4. The Morgan fingerprint density at radius 2 is 1.41 bits per heavy atom. The number of amides is 2. The standard InChI is InChI=1S/C26H25F9N2O4/c1-5-18-20(17-12-14(24(27,28)29)7-8-19(17)37(18)23(39)41-6-2)21(36(3)22(38)40-4)13-9-15(25(30,31)32)11-16(10-13)26(33,34)35/h7-12,18,20-21H,5-6H2,1-4H3. The molecule has 3 unspecified atom stereocenters. The average molecular weight is 600 g/mol. The minimum Gasteiger partial charge on any atom is -0.453 e. The van der Waals surface area contributed by atoms with Crippen LogP contribution in [0.2, 0.25) is 0 Å². The molecule has 0 aliphatic carbocycles. The fraction of sp³-hybridized carbons (Fsp3) is 0.462. The number of ether oxygens (including phenoxy) is 2. The zero-order chi connectivity index (χ0) is 31.1. The molecule has 0 saturated carbocycles. The SMILES string of the molecule is CCOC(=O)N1c2ccc(C(F)(F)F)cc2C(C(c2cc(C(F)(F)F)cc(C(F)(F)F)c2)N(C)C(=O)OC)C1CC. The van der Waals surface area contributed by atoms with Gasteiger partial charge in [0.1, 0.15) is 0 Å². The Morgan fingerprint density at radius 3 is 1.85 bits per heavy atom. The number of rotatable bonds is 5. The van der Waals surface area contributed by atoms with Crippen LogP contribution >= 0.6 is 0 Å². The first-order chi connectivity index (χ1) is 18.9. The summed E-state index contributed by atoms with van der Waals surface area (Å²) < 4.78 is 133. The number of hydrogen-bond donors (Lipinski definition) is 0. The minimum atomic E-state index is -5.25. The lowest BCUT2D eigenvalue weighted by Gasteiger charge is -2.37. The maximum absolute atomic E-state index is 13.8. The Labute approximate surface area is 228 Å². The van der Waals surface area contributed by atoms with Crippen LogP contribution in [0.15, 0.2) is 36.4 Å². The third-order valence-electron chi connectivity index (χ3n) is 6.77. The van der Waals surface area contributed by atoms with Gasteiger partial charge in [0.2, 0.25) is 0 Å². The number of likely N-dealkylation sites (N-methyl/N-ethyl adjacent to an activating group) is 1. The molecule has 0 aromatic heterocycles. The number of alkyl halides is 9. The number of methoxy groups -OCH3 is 1. The Morgan fingerprint density at radius 1 is 0.878 bits per heavy atom. The Kier molecular flexibility index (Phi) is 8.80.